The molecule has 0 aromatic carbocycles. The van der Waals surface area contributed by atoms with Gasteiger partial charge in [0.1, 0.15) is 0 Å². The quantitative estimate of drug-likeness (QED) is 0.427. The molecule has 2 N–H and O–H groups in total. The van der Waals surface area contributed by atoms with Crippen LogP contribution in [0.15, 0.2) is 12.2 Å². The Kier molecular flexibility index (Phi) is 3.60. The second kappa shape index (κ2) is 4.01. The summed E-state index contributed by atoms with van der Waals surface area (Å²) in [5.74, 6) is 0. The van der Waals surface area contributed by atoms with E-state index in [0.717, 1.165) is 0 Å². The number of nitrogens with one attached hydrogen (secondary N) is 2. The molecular weight excluding hydrogens is 112 g/mol. The molecule has 0 unspecified atom stereocenters. The molecule has 0 rings (SSSR count). The average molecular weight is 124 g/mol. The number of rotatable bonds is 3. The molecule has 0 radical (unpaired) electrons. The summed E-state index contributed by atoms with van der Waals surface area (Å²) in [4.78, 5) is 0. The fourth-order valence-electron chi connectivity index (χ4n) is 0.389. The van der Waals surface area contributed by atoms with Crippen molar-refractivity contribution >= 4 is 11.4 Å². The maximum absolute atomic E-state index is 7.17. The van der Waals surface area contributed by atoms with Crippen LogP contribution in [-0.4, -0.2) is 11.4 Å². The van der Waals surface area contributed by atoms with E-state index in [1.807, 2.05) is 19.1 Å². The van der Waals surface area contributed by atoms with Gasteiger partial charge in [-0.25, -0.2) is 0 Å². The third-order valence-corrected chi connectivity index (χ3v) is 1.01. The Hall–Kier alpha value is -0.920. The first kappa shape index (κ1) is 8.08. The van der Waals surface area contributed by atoms with Crippen LogP contribution in [0.3, 0.4) is 0 Å². The van der Waals surface area contributed by atoms with Crippen LogP contribution in [0.4, 0.5) is 0 Å². The molecule has 0 aliphatic rings. The van der Waals surface area contributed by atoms with E-state index in [4.69, 9.17) is 10.8 Å². The van der Waals surface area contributed by atoms with E-state index in [2.05, 4.69) is 0 Å². The van der Waals surface area contributed by atoms with Gasteiger partial charge in [0.2, 0.25) is 0 Å². The van der Waals surface area contributed by atoms with E-state index in [-0.39, 0.29) is 0 Å². The van der Waals surface area contributed by atoms with Crippen LogP contribution in [-0.2, 0) is 0 Å². The lowest BCUT2D eigenvalue weighted by Crippen LogP contribution is -2.04. The van der Waals surface area contributed by atoms with Gasteiger partial charge in [-0.1, -0.05) is 12.2 Å². The van der Waals surface area contributed by atoms with Gasteiger partial charge in [0, 0.05) is 12.1 Å². The highest BCUT2D eigenvalue weighted by Crippen LogP contribution is 1.87. The lowest BCUT2D eigenvalue weighted by Gasteiger charge is -1.93. The van der Waals surface area contributed by atoms with Gasteiger partial charge in [0.25, 0.3) is 0 Å². The highest BCUT2D eigenvalue weighted by molar-refractivity contribution is 6.39. The van der Waals surface area contributed by atoms with E-state index in [0.29, 0.717) is 17.8 Å². The average Bonchev–Trinajstić information content (AvgIpc) is 1.82. The third-order valence-electron chi connectivity index (χ3n) is 1.01. The van der Waals surface area contributed by atoms with Gasteiger partial charge in [0.15, 0.2) is 0 Å². The van der Waals surface area contributed by atoms with Crippen LogP contribution in [0, 0.1) is 10.8 Å². The summed E-state index contributed by atoms with van der Waals surface area (Å²) in [7, 11) is 0. The summed E-state index contributed by atoms with van der Waals surface area (Å²) in [5.41, 5.74) is 0.751. The Morgan fingerprint density at radius 1 is 1.44 bits per heavy atom. The smallest absolute Gasteiger partial charge is 0.0556 e. The molecule has 9 heavy (non-hydrogen) atoms. The minimum Gasteiger partial charge on any atom is -0.304 e. The summed E-state index contributed by atoms with van der Waals surface area (Å²) < 4.78 is 0. The summed E-state index contributed by atoms with van der Waals surface area (Å²) in [6.07, 6.45) is 4.35. The first-order valence-electron chi connectivity index (χ1n) is 2.92. The Balaban J connectivity index is 3.65. The fourth-order valence-corrected chi connectivity index (χ4v) is 0.389. The molecule has 2 nitrogen and oxygen atoms in total. The van der Waals surface area contributed by atoms with Crippen molar-refractivity contribution < 1.29 is 0 Å². The van der Waals surface area contributed by atoms with Crippen molar-refractivity contribution in [2.24, 2.45) is 0 Å². The van der Waals surface area contributed by atoms with E-state index >= 15 is 0 Å². The summed E-state index contributed by atoms with van der Waals surface area (Å²) in [6, 6.07) is 0. The van der Waals surface area contributed by atoms with E-state index in [1.54, 1.807) is 6.92 Å². The molecule has 0 bridgehead atoms. The van der Waals surface area contributed by atoms with Crippen molar-refractivity contribution in [3.8, 4) is 0 Å². The monoisotopic (exact) mass is 124 g/mol. The van der Waals surface area contributed by atoms with E-state index in [1.165, 1.54) is 0 Å². The zero-order chi connectivity index (χ0) is 7.28. The summed E-state index contributed by atoms with van der Waals surface area (Å²) >= 11 is 0. The largest absolute Gasteiger partial charge is 0.304 e. The Bertz CT molecular complexity index is 145. The van der Waals surface area contributed by atoms with Gasteiger partial charge in [-0.05, 0) is 13.8 Å². The zero-order valence-corrected chi connectivity index (χ0v) is 5.86. The molecule has 50 valence electrons. The van der Waals surface area contributed by atoms with Crippen molar-refractivity contribution in [1.29, 1.82) is 10.8 Å². The van der Waals surface area contributed by atoms with Crippen LogP contribution in [0.1, 0.15) is 20.3 Å². The molecule has 0 heterocycles. The van der Waals surface area contributed by atoms with E-state index < -0.39 is 0 Å². The van der Waals surface area contributed by atoms with E-state index in [9.17, 15) is 0 Å². The molecule has 2 heteroatoms. The number of hydrogen-bond donors (Lipinski definition) is 2. The molecule has 0 spiro atoms. The van der Waals surface area contributed by atoms with Gasteiger partial charge < -0.3 is 10.8 Å². The second-order valence-electron chi connectivity index (χ2n) is 1.88. The Labute approximate surface area is 55.6 Å². The van der Waals surface area contributed by atoms with Crippen molar-refractivity contribution in [3.05, 3.63) is 12.2 Å². The minimum absolute atomic E-state index is 0.355. The van der Waals surface area contributed by atoms with Crippen LogP contribution in [0.2, 0.25) is 0 Å². The van der Waals surface area contributed by atoms with Crippen molar-refractivity contribution in [1.82, 2.24) is 0 Å². The first-order chi connectivity index (χ1) is 4.18. The topological polar surface area (TPSA) is 47.7 Å². The molecule has 0 saturated heterocycles. The normalized spacial score (nSPS) is 10.0. The number of allylic oxidation sites excluding steroid dienone is 2. The molecule has 0 aromatic rings. The Morgan fingerprint density at radius 3 is 2.33 bits per heavy atom. The predicted octanol–water partition coefficient (Wildman–Crippen LogP) is 2.01. The SMILES string of the molecule is CC=CCC(=N)C(C)=N. The molecule has 0 aliphatic heterocycles. The summed E-state index contributed by atoms with van der Waals surface area (Å²) in [5, 5.41) is 14.2. The molecule has 0 amide bonds. The predicted molar refractivity (Wildman–Crippen MR) is 40.6 cm³/mol. The maximum atomic E-state index is 7.17. The number of hydrogen-bond acceptors (Lipinski definition) is 2. The van der Waals surface area contributed by atoms with Crippen molar-refractivity contribution in [3.63, 3.8) is 0 Å². The van der Waals surface area contributed by atoms with Gasteiger partial charge >= 0.3 is 0 Å². The van der Waals surface area contributed by atoms with Crippen LogP contribution < -0.4 is 0 Å². The zero-order valence-electron chi connectivity index (χ0n) is 5.86. The highest BCUT2D eigenvalue weighted by atomic mass is 14.5. The molecule has 0 aromatic heterocycles. The molecule has 0 atom stereocenters. The maximum Gasteiger partial charge on any atom is 0.0556 e. The van der Waals surface area contributed by atoms with Gasteiger partial charge in [-0.3, -0.25) is 0 Å². The first-order valence-corrected chi connectivity index (χ1v) is 2.92. The van der Waals surface area contributed by atoms with Crippen LogP contribution in [0.5, 0.6) is 0 Å². The third kappa shape index (κ3) is 3.64. The molecular formula is C7H12N2. The molecule has 0 aliphatic carbocycles. The lowest BCUT2D eigenvalue weighted by atomic mass is 10.2. The Morgan fingerprint density at radius 2 is 2.00 bits per heavy atom. The van der Waals surface area contributed by atoms with Crippen molar-refractivity contribution in [2.45, 2.75) is 20.3 Å². The van der Waals surface area contributed by atoms with Crippen LogP contribution in [0.25, 0.3) is 0 Å². The van der Waals surface area contributed by atoms with Gasteiger partial charge in [-0.2, -0.15) is 0 Å². The standard InChI is InChI=1S/C7H12N2/c1-3-4-5-7(9)6(2)8/h3-4,8-9H,5H2,1-2H3. The second-order valence-corrected chi connectivity index (χ2v) is 1.88. The highest BCUT2D eigenvalue weighted by Gasteiger charge is 1.93. The summed E-state index contributed by atoms with van der Waals surface area (Å²) in [6.45, 7) is 3.54. The molecule has 0 saturated carbocycles. The molecule has 0 fully saturated rings. The fraction of sp³-hybridized carbons (Fsp3) is 0.429. The van der Waals surface area contributed by atoms with Gasteiger partial charge in [0.05, 0.1) is 5.71 Å². The van der Waals surface area contributed by atoms with Crippen molar-refractivity contribution in [2.75, 3.05) is 0 Å². The lowest BCUT2D eigenvalue weighted by molar-refractivity contribution is 1.36. The van der Waals surface area contributed by atoms with Crippen LogP contribution >= 0.6 is 0 Å². The van der Waals surface area contributed by atoms with Gasteiger partial charge in [-0.15, -0.1) is 0 Å². The minimum atomic E-state index is 0.355.